The van der Waals surface area contributed by atoms with E-state index in [1.807, 2.05) is 24.3 Å². The highest BCUT2D eigenvalue weighted by molar-refractivity contribution is 5.79. The molecule has 5 nitrogen and oxygen atoms in total. The highest BCUT2D eigenvalue weighted by atomic mass is 16.5. The Hall–Kier alpha value is -2.30. The topological polar surface area (TPSA) is 62.5 Å². The van der Waals surface area contributed by atoms with E-state index in [-0.39, 0.29) is 0 Å². The van der Waals surface area contributed by atoms with Crippen LogP contribution in [0.3, 0.4) is 0 Å². The first-order valence-electron chi connectivity index (χ1n) is 6.74. The van der Waals surface area contributed by atoms with Crippen LogP contribution in [-0.4, -0.2) is 18.2 Å². The molecule has 1 aromatic heterocycles. The van der Waals surface area contributed by atoms with Gasteiger partial charge in [-0.3, -0.25) is 4.99 Å². The summed E-state index contributed by atoms with van der Waals surface area (Å²) in [5.41, 5.74) is 2.18. The fraction of sp³-hybridized carbons (Fsp3) is 0.333. The van der Waals surface area contributed by atoms with Crippen molar-refractivity contribution in [2.45, 2.75) is 26.4 Å². The van der Waals surface area contributed by atoms with E-state index in [0.717, 1.165) is 30.4 Å². The summed E-state index contributed by atoms with van der Waals surface area (Å²) in [6, 6.07) is 12.2. The van der Waals surface area contributed by atoms with Crippen molar-refractivity contribution in [3.8, 4) is 0 Å². The number of hydrogen-bond acceptors (Lipinski definition) is 3. The molecule has 0 saturated carbocycles. The number of hydrogen-bond donors (Lipinski definition) is 2. The van der Waals surface area contributed by atoms with Crippen LogP contribution in [0.15, 0.2) is 45.9 Å². The highest BCUT2D eigenvalue weighted by Gasteiger charge is 2.04. The molecule has 0 fully saturated rings. The quantitative estimate of drug-likeness (QED) is 0.646. The zero-order chi connectivity index (χ0) is 14.2. The number of benzene rings is 1. The van der Waals surface area contributed by atoms with E-state index in [9.17, 15) is 0 Å². The van der Waals surface area contributed by atoms with E-state index in [1.165, 1.54) is 5.56 Å². The molecule has 2 N–H and O–H groups in total. The second-order valence-electron chi connectivity index (χ2n) is 4.40. The van der Waals surface area contributed by atoms with Crippen molar-refractivity contribution in [2.75, 3.05) is 7.05 Å². The third-order valence-electron chi connectivity index (χ3n) is 2.93. The Bertz CT molecular complexity index is 548. The Morgan fingerprint density at radius 3 is 2.60 bits per heavy atom. The smallest absolute Gasteiger partial charge is 0.191 e. The minimum absolute atomic E-state index is 0.571. The average molecular weight is 272 g/mol. The van der Waals surface area contributed by atoms with Gasteiger partial charge >= 0.3 is 0 Å². The first-order chi connectivity index (χ1) is 9.81. The van der Waals surface area contributed by atoms with Crippen LogP contribution in [0, 0.1) is 0 Å². The van der Waals surface area contributed by atoms with Crippen molar-refractivity contribution in [1.29, 1.82) is 0 Å². The lowest BCUT2D eigenvalue weighted by atomic mass is 10.2. The molecular weight excluding hydrogens is 252 g/mol. The Labute approximate surface area is 119 Å². The second kappa shape index (κ2) is 7.33. The second-order valence-corrected chi connectivity index (χ2v) is 4.40. The van der Waals surface area contributed by atoms with Gasteiger partial charge in [0, 0.05) is 19.7 Å². The predicted molar refractivity (Wildman–Crippen MR) is 79.4 cm³/mol. The number of nitrogens with zero attached hydrogens (tertiary/aromatic N) is 2. The summed E-state index contributed by atoms with van der Waals surface area (Å²) in [5.74, 6) is 1.55. The maximum absolute atomic E-state index is 5.22. The van der Waals surface area contributed by atoms with Gasteiger partial charge in [-0.25, -0.2) is 0 Å². The SMILES string of the molecule is CCc1cc(CNC(=NC)NCc2ccccc2)on1. The number of aliphatic imine (C=N–C) groups is 1. The minimum Gasteiger partial charge on any atom is -0.359 e. The van der Waals surface area contributed by atoms with Gasteiger partial charge in [0.05, 0.1) is 12.2 Å². The van der Waals surface area contributed by atoms with Gasteiger partial charge in [0.1, 0.15) is 0 Å². The Balaban J connectivity index is 1.81. The first kappa shape index (κ1) is 14.1. The lowest BCUT2D eigenvalue weighted by molar-refractivity contribution is 0.374. The number of nitrogens with one attached hydrogen (secondary N) is 2. The number of aromatic nitrogens is 1. The van der Waals surface area contributed by atoms with Crippen molar-refractivity contribution in [1.82, 2.24) is 15.8 Å². The van der Waals surface area contributed by atoms with Crippen LogP contribution in [-0.2, 0) is 19.5 Å². The molecule has 2 aromatic rings. The van der Waals surface area contributed by atoms with E-state index in [0.29, 0.717) is 6.54 Å². The minimum atomic E-state index is 0.571. The summed E-state index contributed by atoms with van der Waals surface area (Å²) < 4.78 is 5.22. The van der Waals surface area contributed by atoms with Gasteiger partial charge in [0.25, 0.3) is 0 Å². The van der Waals surface area contributed by atoms with Gasteiger partial charge in [0.2, 0.25) is 0 Å². The van der Waals surface area contributed by atoms with Gasteiger partial charge in [0.15, 0.2) is 11.7 Å². The molecule has 106 valence electrons. The molecule has 0 spiro atoms. The molecule has 0 saturated heterocycles. The number of aryl methyl sites for hydroxylation is 1. The molecule has 0 unspecified atom stereocenters. The van der Waals surface area contributed by atoms with E-state index in [4.69, 9.17) is 4.52 Å². The normalized spacial score (nSPS) is 11.4. The zero-order valence-electron chi connectivity index (χ0n) is 11.9. The maximum Gasteiger partial charge on any atom is 0.191 e. The summed E-state index contributed by atoms with van der Waals surface area (Å²) >= 11 is 0. The molecule has 2 rings (SSSR count). The van der Waals surface area contributed by atoms with Crippen LogP contribution in [0.5, 0.6) is 0 Å². The largest absolute Gasteiger partial charge is 0.359 e. The molecule has 5 heteroatoms. The molecular formula is C15H20N4O. The summed E-state index contributed by atoms with van der Waals surface area (Å²) in [6.45, 7) is 3.36. The standard InChI is InChI=1S/C15H20N4O/c1-3-13-9-14(20-19-13)11-18-15(16-2)17-10-12-7-5-4-6-8-12/h4-9H,3,10-11H2,1-2H3,(H2,16,17,18). The van der Waals surface area contributed by atoms with E-state index in [1.54, 1.807) is 7.05 Å². The molecule has 0 atom stereocenters. The fourth-order valence-electron chi connectivity index (χ4n) is 1.78. The maximum atomic E-state index is 5.22. The molecule has 0 bridgehead atoms. The molecule has 0 aliphatic heterocycles. The molecule has 20 heavy (non-hydrogen) atoms. The van der Waals surface area contributed by atoms with Gasteiger partial charge < -0.3 is 15.2 Å². The van der Waals surface area contributed by atoms with E-state index >= 15 is 0 Å². The van der Waals surface area contributed by atoms with Crippen molar-refractivity contribution in [3.05, 3.63) is 53.4 Å². The van der Waals surface area contributed by atoms with Crippen LogP contribution in [0.2, 0.25) is 0 Å². The monoisotopic (exact) mass is 272 g/mol. The Kier molecular flexibility index (Phi) is 5.17. The molecule has 0 amide bonds. The third-order valence-corrected chi connectivity index (χ3v) is 2.93. The number of guanidine groups is 1. The zero-order valence-corrected chi connectivity index (χ0v) is 11.9. The third kappa shape index (κ3) is 4.12. The van der Waals surface area contributed by atoms with Crippen molar-refractivity contribution < 1.29 is 4.52 Å². The summed E-state index contributed by atoms with van der Waals surface area (Å²) in [4.78, 5) is 4.18. The summed E-state index contributed by atoms with van der Waals surface area (Å²) in [5, 5.41) is 10.4. The molecule has 1 heterocycles. The van der Waals surface area contributed by atoms with Crippen LogP contribution in [0.4, 0.5) is 0 Å². The molecule has 1 aromatic carbocycles. The van der Waals surface area contributed by atoms with Gasteiger partial charge in [-0.05, 0) is 12.0 Å². The van der Waals surface area contributed by atoms with Crippen LogP contribution in [0.1, 0.15) is 23.9 Å². The molecule has 0 aliphatic carbocycles. The van der Waals surface area contributed by atoms with E-state index in [2.05, 4.69) is 39.8 Å². The molecule has 0 radical (unpaired) electrons. The lowest BCUT2D eigenvalue weighted by Crippen LogP contribution is -2.36. The van der Waals surface area contributed by atoms with Gasteiger partial charge in [-0.2, -0.15) is 0 Å². The fourth-order valence-corrected chi connectivity index (χ4v) is 1.78. The number of rotatable bonds is 5. The Morgan fingerprint density at radius 2 is 1.95 bits per heavy atom. The van der Waals surface area contributed by atoms with Gasteiger partial charge in [-0.1, -0.05) is 42.4 Å². The van der Waals surface area contributed by atoms with Crippen LogP contribution in [0.25, 0.3) is 0 Å². The van der Waals surface area contributed by atoms with Crippen molar-refractivity contribution >= 4 is 5.96 Å². The molecule has 0 aliphatic rings. The van der Waals surface area contributed by atoms with Crippen LogP contribution < -0.4 is 10.6 Å². The van der Waals surface area contributed by atoms with Crippen molar-refractivity contribution in [2.24, 2.45) is 4.99 Å². The first-order valence-corrected chi connectivity index (χ1v) is 6.74. The van der Waals surface area contributed by atoms with Crippen molar-refractivity contribution in [3.63, 3.8) is 0 Å². The lowest BCUT2D eigenvalue weighted by Gasteiger charge is -2.10. The summed E-state index contributed by atoms with van der Waals surface area (Å²) in [6.07, 6.45) is 0.879. The van der Waals surface area contributed by atoms with Gasteiger partial charge in [-0.15, -0.1) is 0 Å². The van der Waals surface area contributed by atoms with E-state index < -0.39 is 0 Å². The van der Waals surface area contributed by atoms with Crippen LogP contribution >= 0.6 is 0 Å². The highest BCUT2D eigenvalue weighted by Crippen LogP contribution is 2.03. The summed E-state index contributed by atoms with van der Waals surface area (Å²) in [7, 11) is 1.75. The Morgan fingerprint density at radius 1 is 1.20 bits per heavy atom. The predicted octanol–water partition coefficient (Wildman–Crippen LogP) is 2.10. The average Bonchev–Trinajstić information content (AvgIpc) is 2.96.